The molecule has 0 atom stereocenters. The molecule has 6 nitrogen and oxygen atoms in total. The maximum Gasteiger partial charge on any atom is 0.259 e. The minimum absolute atomic E-state index is 0.145. The van der Waals surface area contributed by atoms with Crippen molar-refractivity contribution in [2.24, 2.45) is 5.10 Å². The predicted molar refractivity (Wildman–Crippen MR) is 122 cm³/mol. The number of carbonyl (C=O) groups is 1. The summed E-state index contributed by atoms with van der Waals surface area (Å²) in [5, 5.41) is 13.9. The molecule has 0 bridgehead atoms. The van der Waals surface area contributed by atoms with Gasteiger partial charge < -0.3 is 5.32 Å². The highest BCUT2D eigenvalue weighted by Gasteiger charge is 2.11. The van der Waals surface area contributed by atoms with Crippen molar-refractivity contribution in [1.29, 1.82) is 0 Å². The third-order valence-corrected chi connectivity index (χ3v) is 5.23. The summed E-state index contributed by atoms with van der Waals surface area (Å²) >= 11 is 1.62. The van der Waals surface area contributed by atoms with E-state index in [1.807, 2.05) is 76.9 Å². The van der Waals surface area contributed by atoms with Crippen molar-refractivity contribution in [2.75, 3.05) is 11.9 Å². The fourth-order valence-electron chi connectivity index (χ4n) is 2.94. The summed E-state index contributed by atoms with van der Waals surface area (Å²) in [7, 11) is 0. The topological polar surface area (TPSA) is 71.3 Å². The van der Waals surface area contributed by atoms with E-state index in [0.717, 1.165) is 21.8 Å². The zero-order valence-electron chi connectivity index (χ0n) is 16.2. The number of hydrazone groups is 1. The van der Waals surface area contributed by atoms with Crippen molar-refractivity contribution < 1.29 is 4.79 Å². The minimum Gasteiger partial charge on any atom is -0.376 e. The molecule has 7 heteroatoms. The van der Waals surface area contributed by atoms with E-state index in [2.05, 4.69) is 28.0 Å². The molecule has 4 aromatic rings. The average molecular weight is 416 g/mol. The highest BCUT2D eigenvalue weighted by Crippen LogP contribution is 2.26. The van der Waals surface area contributed by atoms with E-state index < -0.39 is 0 Å². The summed E-state index contributed by atoms with van der Waals surface area (Å²) in [5.74, 6) is -0.218. The monoisotopic (exact) mass is 415 g/mol. The average Bonchev–Trinajstić information content (AvgIpc) is 3.44. The molecular weight excluding hydrogens is 394 g/mol. The van der Waals surface area contributed by atoms with Gasteiger partial charge in [-0.15, -0.1) is 11.3 Å². The first-order chi connectivity index (χ1) is 14.8. The van der Waals surface area contributed by atoms with Crippen LogP contribution in [-0.4, -0.2) is 28.4 Å². The van der Waals surface area contributed by atoms with E-state index in [-0.39, 0.29) is 12.5 Å². The molecule has 4 rings (SSSR count). The van der Waals surface area contributed by atoms with Crippen LogP contribution in [0.1, 0.15) is 11.1 Å². The van der Waals surface area contributed by atoms with Crippen LogP contribution in [0.2, 0.25) is 0 Å². The van der Waals surface area contributed by atoms with E-state index in [4.69, 9.17) is 5.10 Å². The molecule has 0 aliphatic rings. The number of para-hydroxylation sites is 1. The maximum atomic E-state index is 12.1. The van der Waals surface area contributed by atoms with Crippen LogP contribution in [-0.2, 0) is 11.3 Å². The lowest BCUT2D eigenvalue weighted by Gasteiger charge is -2.04. The number of thiophene rings is 1. The third-order valence-electron chi connectivity index (χ3n) is 4.35. The molecule has 2 heterocycles. The Hall–Kier alpha value is -3.71. The molecule has 0 aliphatic carbocycles. The van der Waals surface area contributed by atoms with Gasteiger partial charge in [0.2, 0.25) is 0 Å². The van der Waals surface area contributed by atoms with Gasteiger partial charge in [0.1, 0.15) is 5.69 Å². The van der Waals surface area contributed by atoms with Gasteiger partial charge in [0.25, 0.3) is 5.91 Å². The molecule has 2 aromatic carbocycles. The number of anilines is 1. The molecule has 1 amide bonds. The first-order valence-electron chi connectivity index (χ1n) is 9.54. The molecule has 150 valence electrons. The number of aromatic nitrogens is 2. The second kappa shape index (κ2) is 9.67. The van der Waals surface area contributed by atoms with Crippen LogP contribution in [0.25, 0.3) is 10.6 Å². The van der Waals surface area contributed by atoms with Gasteiger partial charge in [-0.2, -0.15) is 10.2 Å². The van der Waals surface area contributed by atoms with Crippen LogP contribution in [0.5, 0.6) is 0 Å². The Morgan fingerprint density at radius 1 is 1.03 bits per heavy atom. The van der Waals surface area contributed by atoms with Crippen molar-refractivity contribution in [3.8, 4) is 10.6 Å². The fourth-order valence-corrected chi connectivity index (χ4v) is 3.67. The quantitative estimate of drug-likeness (QED) is 0.334. The maximum absolute atomic E-state index is 12.1. The van der Waals surface area contributed by atoms with E-state index in [1.165, 1.54) is 5.56 Å². The lowest BCUT2D eigenvalue weighted by atomic mass is 10.2. The van der Waals surface area contributed by atoms with E-state index in [0.29, 0.717) is 6.54 Å². The molecule has 0 radical (unpaired) electrons. The number of nitrogens with zero attached hydrogens (tertiary/aromatic N) is 3. The lowest BCUT2D eigenvalue weighted by molar-refractivity contribution is -0.119. The number of benzene rings is 2. The Bertz CT molecular complexity index is 1110. The Morgan fingerprint density at radius 3 is 2.53 bits per heavy atom. The first kappa shape index (κ1) is 19.6. The SMILES string of the molecule is O=C(CNc1ccccc1)N/N=C\c1cn(Cc2ccccc2)nc1-c1cccs1. The van der Waals surface area contributed by atoms with Crippen molar-refractivity contribution in [1.82, 2.24) is 15.2 Å². The Labute approximate surface area is 178 Å². The zero-order valence-corrected chi connectivity index (χ0v) is 17.0. The van der Waals surface area contributed by atoms with Crippen molar-refractivity contribution in [3.05, 3.63) is 95.5 Å². The van der Waals surface area contributed by atoms with Gasteiger partial charge in [-0.3, -0.25) is 9.48 Å². The normalized spacial score (nSPS) is 10.9. The first-order valence-corrected chi connectivity index (χ1v) is 10.4. The van der Waals surface area contributed by atoms with Gasteiger partial charge in [-0.1, -0.05) is 54.6 Å². The van der Waals surface area contributed by atoms with Crippen LogP contribution in [0, 0.1) is 0 Å². The van der Waals surface area contributed by atoms with Gasteiger partial charge in [0, 0.05) is 17.4 Å². The number of hydrogen-bond acceptors (Lipinski definition) is 5. The minimum atomic E-state index is -0.218. The van der Waals surface area contributed by atoms with Crippen molar-refractivity contribution in [3.63, 3.8) is 0 Å². The number of nitrogens with one attached hydrogen (secondary N) is 2. The second-order valence-corrected chi connectivity index (χ2v) is 7.55. The molecule has 30 heavy (non-hydrogen) atoms. The van der Waals surface area contributed by atoms with E-state index >= 15 is 0 Å². The summed E-state index contributed by atoms with van der Waals surface area (Å²) < 4.78 is 1.89. The molecule has 0 aliphatic heterocycles. The summed E-state index contributed by atoms with van der Waals surface area (Å²) in [5.41, 5.74) is 6.32. The Morgan fingerprint density at radius 2 is 1.80 bits per heavy atom. The van der Waals surface area contributed by atoms with E-state index in [9.17, 15) is 4.79 Å². The largest absolute Gasteiger partial charge is 0.376 e. The van der Waals surface area contributed by atoms with Gasteiger partial charge in [0.05, 0.1) is 24.2 Å². The number of rotatable bonds is 8. The second-order valence-electron chi connectivity index (χ2n) is 6.61. The molecule has 2 aromatic heterocycles. The number of amides is 1. The van der Waals surface area contributed by atoms with Crippen molar-refractivity contribution in [2.45, 2.75) is 6.54 Å². The van der Waals surface area contributed by atoms with Crippen LogP contribution in [0.15, 0.2) is 89.5 Å². The number of carbonyl (C=O) groups excluding carboxylic acids is 1. The lowest BCUT2D eigenvalue weighted by Crippen LogP contribution is -2.25. The third kappa shape index (κ3) is 5.21. The van der Waals surface area contributed by atoms with Crippen molar-refractivity contribution >= 4 is 29.1 Å². The smallest absolute Gasteiger partial charge is 0.259 e. The molecule has 0 saturated carbocycles. The standard InChI is InChI=1S/C23H21N5OS/c29-22(15-24-20-10-5-2-6-11-20)26-25-14-19-17-28(16-18-8-3-1-4-9-18)27-23(19)21-12-7-13-30-21/h1-14,17,24H,15-16H2,(H,26,29)/b25-14-. The molecular formula is C23H21N5OS. The fraction of sp³-hybridized carbons (Fsp3) is 0.0870. The van der Waals surface area contributed by atoms with Gasteiger partial charge >= 0.3 is 0 Å². The molecule has 0 fully saturated rings. The van der Waals surface area contributed by atoms with E-state index in [1.54, 1.807) is 17.6 Å². The Kier molecular flexibility index (Phi) is 6.31. The Balaban J connectivity index is 1.43. The highest BCUT2D eigenvalue weighted by atomic mass is 32.1. The van der Waals surface area contributed by atoms with Gasteiger partial charge in [0.15, 0.2) is 0 Å². The van der Waals surface area contributed by atoms with Gasteiger partial charge in [-0.05, 0) is 29.1 Å². The zero-order chi connectivity index (χ0) is 20.6. The summed E-state index contributed by atoms with van der Waals surface area (Å²) in [4.78, 5) is 13.1. The predicted octanol–water partition coefficient (Wildman–Crippen LogP) is 4.22. The van der Waals surface area contributed by atoms with Crippen LogP contribution < -0.4 is 10.7 Å². The van der Waals surface area contributed by atoms with Crippen LogP contribution in [0.3, 0.4) is 0 Å². The highest BCUT2D eigenvalue weighted by molar-refractivity contribution is 7.13. The van der Waals surface area contributed by atoms with Gasteiger partial charge in [-0.25, -0.2) is 5.43 Å². The van der Waals surface area contributed by atoms with Crippen LogP contribution in [0.4, 0.5) is 5.69 Å². The molecule has 2 N–H and O–H groups in total. The summed E-state index contributed by atoms with van der Waals surface area (Å²) in [6.45, 7) is 0.812. The summed E-state index contributed by atoms with van der Waals surface area (Å²) in [6.07, 6.45) is 3.59. The molecule has 0 saturated heterocycles. The number of hydrogen-bond donors (Lipinski definition) is 2. The summed E-state index contributed by atoms with van der Waals surface area (Å²) in [6, 6.07) is 23.8. The van der Waals surface area contributed by atoms with Crippen LogP contribution >= 0.6 is 11.3 Å². The molecule has 0 spiro atoms. The molecule has 0 unspecified atom stereocenters.